The third kappa shape index (κ3) is 7.17. The number of amides is 1. The minimum absolute atomic E-state index is 0.230. The van der Waals surface area contributed by atoms with E-state index in [1.807, 2.05) is 97.9 Å². The summed E-state index contributed by atoms with van der Waals surface area (Å²) in [5.74, 6) is -0.00107. The second-order valence-corrected chi connectivity index (χ2v) is 15.9. The van der Waals surface area contributed by atoms with Crippen LogP contribution in [0.3, 0.4) is 0 Å². The SMILES string of the molecule is Cc1nnc(SCC2=C(C(=O)OC(c3ccccc3)c3ccccc3)N3C(=O)[C@@H](N=CC(Cl)(Cl)C(Cl)c4ccccc4)[C@@H]3SC2)s1. The van der Waals surface area contributed by atoms with Crippen LogP contribution in [0.1, 0.15) is 33.2 Å². The largest absolute Gasteiger partial charge is 0.448 e. The fourth-order valence-corrected chi connectivity index (χ4v) is 8.95. The molecule has 6 rings (SSSR count). The molecule has 0 N–H and O–H groups in total. The minimum Gasteiger partial charge on any atom is -0.448 e. The number of aliphatic imine (C=N–C) groups is 1. The first-order valence-electron chi connectivity index (χ1n) is 14.2. The van der Waals surface area contributed by atoms with Gasteiger partial charge in [-0.25, -0.2) is 4.79 Å². The van der Waals surface area contributed by atoms with Crippen molar-refractivity contribution in [3.8, 4) is 0 Å². The molecule has 3 heterocycles. The number of β-lactam (4-membered cyclic amide) rings is 1. The van der Waals surface area contributed by atoms with Gasteiger partial charge in [0, 0.05) is 17.7 Å². The molecule has 2 aliphatic rings. The lowest BCUT2D eigenvalue weighted by Gasteiger charge is -2.48. The van der Waals surface area contributed by atoms with Crippen LogP contribution in [0, 0.1) is 6.92 Å². The smallest absolute Gasteiger partial charge is 0.356 e. The zero-order valence-electron chi connectivity index (χ0n) is 24.3. The molecule has 3 atom stereocenters. The number of hydrogen-bond donors (Lipinski definition) is 0. The maximum atomic E-state index is 14.2. The molecule has 4 aromatic rings. The number of fused-ring (bicyclic) bond motifs is 1. The number of alkyl halides is 3. The van der Waals surface area contributed by atoms with Gasteiger partial charge in [-0.1, -0.05) is 137 Å². The summed E-state index contributed by atoms with van der Waals surface area (Å²) < 4.78 is 5.46. The fourth-order valence-electron chi connectivity index (χ4n) is 5.09. The number of aromatic nitrogens is 2. The third-order valence-corrected chi connectivity index (χ3v) is 12.2. The summed E-state index contributed by atoms with van der Waals surface area (Å²) in [6.07, 6.45) is 0.652. The molecule has 13 heteroatoms. The fraction of sp³-hybridized carbons (Fsp3) is 0.242. The number of ether oxygens (including phenoxy) is 1. The molecular formula is C33H27Cl3N4O3S3. The molecule has 1 unspecified atom stereocenters. The summed E-state index contributed by atoms with van der Waals surface area (Å²) >= 11 is 24.3. The highest BCUT2D eigenvalue weighted by atomic mass is 35.5. The van der Waals surface area contributed by atoms with E-state index >= 15 is 0 Å². The molecule has 0 bridgehead atoms. The van der Waals surface area contributed by atoms with Gasteiger partial charge in [0.15, 0.2) is 20.8 Å². The van der Waals surface area contributed by atoms with Gasteiger partial charge in [-0.2, -0.15) is 0 Å². The first-order valence-corrected chi connectivity index (χ1v) is 18.3. The first-order chi connectivity index (χ1) is 22.2. The molecule has 1 aromatic heterocycles. The summed E-state index contributed by atoms with van der Waals surface area (Å²) in [4.78, 5) is 33.9. The molecule has 2 aliphatic heterocycles. The number of carbonyl (C=O) groups is 2. The van der Waals surface area contributed by atoms with Crippen LogP contribution in [0.15, 0.2) is 112 Å². The van der Waals surface area contributed by atoms with Crippen LogP contribution in [0.2, 0.25) is 0 Å². The predicted octanol–water partition coefficient (Wildman–Crippen LogP) is 8.03. The summed E-state index contributed by atoms with van der Waals surface area (Å²) in [5.41, 5.74) is 3.36. The Bertz CT molecular complexity index is 1720. The normalized spacial score (nSPS) is 18.9. The Kier molecular flexibility index (Phi) is 10.4. The summed E-state index contributed by atoms with van der Waals surface area (Å²) in [6, 6.07) is 27.5. The topological polar surface area (TPSA) is 84.8 Å². The Hall–Kier alpha value is -2.86. The number of hydrogen-bond acceptors (Lipinski definition) is 9. The third-order valence-electron chi connectivity index (χ3n) is 7.36. The van der Waals surface area contributed by atoms with Crippen molar-refractivity contribution >= 4 is 87.8 Å². The molecule has 0 saturated carbocycles. The van der Waals surface area contributed by atoms with Crippen LogP contribution in [-0.2, 0) is 14.3 Å². The number of carbonyl (C=O) groups excluding carboxylic acids is 2. The van der Waals surface area contributed by atoms with Crippen LogP contribution in [0.25, 0.3) is 0 Å². The van der Waals surface area contributed by atoms with Gasteiger partial charge >= 0.3 is 5.97 Å². The number of rotatable bonds is 11. The maximum absolute atomic E-state index is 14.2. The van der Waals surface area contributed by atoms with Gasteiger partial charge in [-0.15, -0.1) is 33.6 Å². The number of nitrogens with zero attached hydrogens (tertiary/aromatic N) is 4. The molecular weight excluding hydrogens is 703 g/mol. The monoisotopic (exact) mass is 728 g/mol. The van der Waals surface area contributed by atoms with Crippen molar-refractivity contribution in [3.63, 3.8) is 0 Å². The molecule has 1 saturated heterocycles. The second-order valence-electron chi connectivity index (χ2n) is 10.5. The van der Waals surface area contributed by atoms with Crippen LogP contribution in [0.4, 0.5) is 0 Å². The Morgan fingerprint density at radius 1 is 1.02 bits per heavy atom. The van der Waals surface area contributed by atoms with Gasteiger partial charge in [0.25, 0.3) is 5.91 Å². The second kappa shape index (κ2) is 14.5. The highest BCUT2D eigenvalue weighted by Gasteiger charge is 2.54. The van der Waals surface area contributed by atoms with Crippen LogP contribution >= 0.6 is 69.7 Å². The van der Waals surface area contributed by atoms with Crippen molar-refractivity contribution in [1.29, 1.82) is 0 Å². The maximum Gasteiger partial charge on any atom is 0.356 e. The average Bonchev–Trinajstić information content (AvgIpc) is 3.51. The van der Waals surface area contributed by atoms with E-state index in [0.29, 0.717) is 11.5 Å². The molecule has 1 amide bonds. The van der Waals surface area contributed by atoms with E-state index in [1.54, 1.807) is 0 Å². The molecule has 3 aromatic carbocycles. The van der Waals surface area contributed by atoms with E-state index < -0.39 is 33.2 Å². The lowest BCUT2D eigenvalue weighted by atomic mass is 10.0. The van der Waals surface area contributed by atoms with Gasteiger partial charge in [0.1, 0.15) is 16.1 Å². The van der Waals surface area contributed by atoms with Crippen molar-refractivity contribution in [1.82, 2.24) is 15.1 Å². The Morgan fingerprint density at radius 3 is 2.17 bits per heavy atom. The van der Waals surface area contributed by atoms with Crippen molar-refractivity contribution in [2.45, 2.75) is 38.5 Å². The molecule has 46 heavy (non-hydrogen) atoms. The number of benzene rings is 3. The van der Waals surface area contributed by atoms with E-state index in [9.17, 15) is 9.59 Å². The van der Waals surface area contributed by atoms with Crippen molar-refractivity contribution < 1.29 is 14.3 Å². The van der Waals surface area contributed by atoms with Crippen LogP contribution in [-0.4, -0.2) is 60.4 Å². The minimum atomic E-state index is -1.57. The van der Waals surface area contributed by atoms with E-state index in [-0.39, 0.29) is 11.6 Å². The molecule has 1 fully saturated rings. The standard InChI is InChI=1S/C33H27Cl3N4O3S3/c1-20-38-39-32(46-20)45-18-24-17-44-30-25(37-19-33(35,36)28(34)23-15-9-4-10-16-23)29(41)40(30)26(24)31(42)43-27(21-11-5-2-6-12-21)22-13-7-3-8-14-22/h2-16,19,25,27-28,30H,17-18H2,1H3/t25-,28?,30+/m1/s1. The first kappa shape index (κ1) is 33.1. The van der Waals surface area contributed by atoms with E-state index in [2.05, 4.69) is 15.2 Å². The van der Waals surface area contributed by atoms with Gasteiger partial charge in [0.2, 0.25) is 0 Å². The average molecular weight is 730 g/mol. The molecule has 7 nitrogen and oxygen atoms in total. The summed E-state index contributed by atoms with van der Waals surface area (Å²) in [5, 5.41) is 7.92. The van der Waals surface area contributed by atoms with E-state index in [4.69, 9.17) is 39.5 Å². The van der Waals surface area contributed by atoms with Gasteiger partial charge in [0.05, 0.1) is 5.38 Å². The molecule has 0 radical (unpaired) electrons. The summed E-state index contributed by atoms with van der Waals surface area (Å²) in [7, 11) is 0. The zero-order chi connectivity index (χ0) is 32.3. The van der Waals surface area contributed by atoms with Gasteiger partial charge in [-0.3, -0.25) is 14.7 Å². The molecule has 0 aliphatic carbocycles. The highest BCUT2D eigenvalue weighted by molar-refractivity contribution is 8.01. The Labute approximate surface area is 294 Å². The Balaban J connectivity index is 1.28. The van der Waals surface area contributed by atoms with Gasteiger partial charge < -0.3 is 4.74 Å². The number of esters is 1. The van der Waals surface area contributed by atoms with Crippen LogP contribution < -0.4 is 0 Å². The number of halogens is 3. The predicted molar refractivity (Wildman–Crippen MR) is 188 cm³/mol. The molecule has 0 spiro atoms. The number of aryl methyl sites for hydroxylation is 1. The van der Waals surface area contributed by atoms with E-state index in [0.717, 1.165) is 31.6 Å². The van der Waals surface area contributed by atoms with Crippen molar-refractivity contribution in [2.75, 3.05) is 11.5 Å². The van der Waals surface area contributed by atoms with Crippen molar-refractivity contribution in [3.05, 3.63) is 124 Å². The van der Waals surface area contributed by atoms with Gasteiger partial charge in [-0.05, 0) is 29.2 Å². The summed E-state index contributed by atoms with van der Waals surface area (Å²) in [6.45, 7) is 1.89. The Morgan fingerprint density at radius 2 is 1.61 bits per heavy atom. The number of thioether (sulfide) groups is 2. The van der Waals surface area contributed by atoms with Crippen LogP contribution in [0.5, 0.6) is 0 Å². The zero-order valence-corrected chi connectivity index (χ0v) is 29.1. The van der Waals surface area contributed by atoms with Crippen molar-refractivity contribution in [2.24, 2.45) is 4.99 Å². The quantitative estimate of drug-likeness (QED) is 0.0508. The lowest BCUT2D eigenvalue weighted by Crippen LogP contribution is -2.64. The lowest BCUT2D eigenvalue weighted by molar-refractivity contribution is -0.153. The molecule has 236 valence electrons. The van der Waals surface area contributed by atoms with E-state index in [1.165, 1.54) is 46.0 Å². The highest BCUT2D eigenvalue weighted by Crippen LogP contribution is 2.45.